The van der Waals surface area contributed by atoms with Crippen LogP contribution in [0.3, 0.4) is 0 Å². The first kappa shape index (κ1) is 20.7. The molecule has 0 radical (unpaired) electrons. The van der Waals surface area contributed by atoms with E-state index in [0.717, 1.165) is 43.2 Å². The summed E-state index contributed by atoms with van der Waals surface area (Å²) in [7, 11) is 0. The van der Waals surface area contributed by atoms with Crippen LogP contribution >= 0.6 is 23.4 Å². The summed E-state index contributed by atoms with van der Waals surface area (Å²) in [6.07, 6.45) is 0.732. The summed E-state index contributed by atoms with van der Waals surface area (Å²) >= 11 is 7.97. The maximum Gasteiger partial charge on any atom is 0.234 e. The van der Waals surface area contributed by atoms with Crippen LogP contribution in [-0.2, 0) is 11.2 Å². The number of aliphatic hydroxyl groups is 1. The monoisotopic (exact) mass is 431 g/mol. The number of rotatable bonds is 5. The number of hydrogen-bond acceptors (Lipinski definition) is 5. The fourth-order valence-corrected chi connectivity index (χ4v) is 5.32. The molecule has 1 atom stereocenters. The molecule has 0 spiro atoms. The highest BCUT2D eigenvalue weighted by Gasteiger charge is 2.25. The Morgan fingerprint density at radius 1 is 1.10 bits per heavy atom. The molecule has 1 amide bonds. The van der Waals surface area contributed by atoms with Crippen molar-refractivity contribution in [1.29, 1.82) is 0 Å². The topological polar surface area (TPSA) is 55.8 Å². The third-order valence-corrected chi connectivity index (χ3v) is 6.99. The molecule has 0 bridgehead atoms. The minimum Gasteiger partial charge on any atom is -0.395 e. The van der Waals surface area contributed by atoms with E-state index >= 15 is 0 Å². The Labute approximate surface area is 181 Å². The number of piperazine rings is 1. The number of carbonyl (C=O) groups excluding carboxylic acids is 1. The maximum absolute atomic E-state index is 12.8. The molecule has 5 nitrogen and oxygen atoms in total. The number of nitrogens with zero attached hydrogens (tertiary/aromatic N) is 2. The van der Waals surface area contributed by atoms with Gasteiger partial charge in [0.05, 0.1) is 19.2 Å². The van der Waals surface area contributed by atoms with Gasteiger partial charge in [0.2, 0.25) is 5.91 Å². The van der Waals surface area contributed by atoms with E-state index in [4.69, 9.17) is 16.7 Å². The number of carbonyl (C=O) groups is 1. The third kappa shape index (κ3) is 5.13. The summed E-state index contributed by atoms with van der Waals surface area (Å²) < 4.78 is 0. The van der Waals surface area contributed by atoms with E-state index in [-0.39, 0.29) is 18.6 Å². The van der Waals surface area contributed by atoms with Gasteiger partial charge in [0.25, 0.3) is 0 Å². The van der Waals surface area contributed by atoms with E-state index in [2.05, 4.69) is 33.3 Å². The Bertz CT molecular complexity index is 871. The van der Waals surface area contributed by atoms with E-state index < -0.39 is 0 Å². The van der Waals surface area contributed by atoms with Crippen LogP contribution in [0.4, 0.5) is 0 Å². The van der Waals surface area contributed by atoms with Crippen LogP contribution in [0.1, 0.15) is 17.2 Å². The molecule has 2 aliphatic rings. The van der Waals surface area contributed by atoms with Crippen LogP contribution in [-0.4, -0.2) is 66.7 Å². The third-order valence-electron chi connectivity index (χ3n) is 5.54. The van der Waals surface area contributed by atoms with Crippen molar-refractivity contribution in [3.05, 3.63) is 58.6 Å². The number of benzene rings is 2. The molecule has 0 saturated carbocycles. The molecule has 2 N–H and O–H groups in total. The predicted molar refractivity (Wildman–Crippen MR) is 117 cm³/mol. The number of β-amino-alcohol motifs (C(OH)–C–C–N with tert-alkyl or cyclic N) is 1. The van der Waals surface area contributed by atoms with Gasteiger partial charge in [0.1, 0.15) is 0 Å². The second-order valence-corrected chi connectivity index (χ2v) is 9.08. The number of aliphatic hydroxyl groups excluding tert-OH is 1. The van der Waals surface area contributed by atoms with Crippen molar-refractivity contribution >= 4 is 29.3 Å². The SMILES string of the molecule is O=C(CN1CCN(CCO)CC1)N[C@H]1Cc2cc(Cl)ccc2Sc2ccccc21. The van der Waals surface area contributed by atoms with E-state index in [1.54, 1.807) is 11.8 Å². The smallest absolute Gasteiger partial charge is 0.234 e. The van der Waals surface area contributed by atoms with Gasteiger partial charge in [0.15, 0.2) is 0 Å². The van der Waals surface area contributed by atoms with Crippen LogP contribution < -0.4 is 5.32 Å². The van der Waals surface area contributed by atoms with Gasteiger partial charge in [-0.2, -0.15) is 0 Å². The zero-order valence-electron chi connectivity index (χ0n) is 16.3. The highest BCUT2D eigenvalue weighted by molar-refractivity contribution is 7.99. The highest BCUT2D eigenvalue weighted by atomic mass is 35.5. The second kappa shape index (κ2) is 9.49. The van der Waals surface area contributed by atoms with Crippen LogP contribution in [0.2, 0.25) is 5.02 Å². The molecule has 154 valence electrons. The summed E-state index contributed by atoms with van der Waals surface area (Å²) in [5.74, 6) is 0.0517. The first-order valence-corrected chi connectivity index (χ1v) is 11.2. The van der Waals surface area contributed by atoms with Gasteiger partial charge in [-0.05, 0) is 41.8 Å². The number of hydrogen-bond donors (Lipinski definition) is 2. The Morgan fingerprint density at radius 3 is 2.66 bits per heavy atom. The second-order valence-electron chi connectivity index (χ2n) is 7.56. The van der Waals surface area contributed by atoms with E-state index in [1.165, 1.54) is 15.4 Å². The largest absolute Gasteiger partial charge is 0.395 e. The fraction of sp³-hybridized carbons (Fsp3) is 0.409. The van der Waals surface area contributed by atoms with Gasteiger partial charge in [0, 0.05) is 47.5 Å². The molecular formula is C22H26ClN3O2S. The van der Waals surface area contributed by atoms with Crippen molar-refractivity contribution in [2.75, 3.05) is 45.9 Å². The van der Waals surface area contributed by atoms with E-state index in [9.17, 15) is 4.79 Å². The molecule has 0 unspecified atom stereocenters. The zero-order chi connectivity index (χ0) is 20.2. The lowest BCUT2D eigenvalue weighted by molar-refractivity contribution is -0.123. The van der Waals surface area contributed by atoms with Crippen molar-refractivity contribution in [3.8, 4) is 0 Å². The van der Waals surface area contributed by atoms with Crippen molar-refractivity contribution in [2.24, 2.45) is 0 Å². The minimum atomic E-state index is -0.0680. The summed E-state index contributed by atoms with van der Waals surface area (Å²) in [4.78, 5) is 19.6. The molecule has 1 saturated heterocycles. The summed E-state index contributed by atoms with van der Waals surface area (Å²) in [6.45, 7) is 4.78. The van der Waals surface area contributed by atoms with Crippen molar-refractivity contribution in [1.82, 2.24) is 15.1 Å². The van der Waals surface area contributed by atoms with Crippen LogP contribution in [0, 0.1) is 0 Å². The molecule has 2 heterocycles. The van der Waals surface area contributed by atoms with Gasteiger partial charge in [-0.1, -0.05) is 41.6 Å². The summed E-state index contributed by atoms with van der Waals surface area (Å²) in [5.41, 5.74) is 2.33. The molecular weight excluding hydrogens is 406 g/mol. The Kier molecular flexibility index (Phi) is 6.77. The van der Waals surface area contributed by atoms with Gasteiger partial charge >= 0.3 is 0 Å². The first-order valence-electron chi connectivity index (χ1n) is 10.0. The summed E-state index contributed by atoms with van der Waals surface area (Å²) in [5, 5.41) is 13.1. The Balaban J connectivity index is 1.45. The lowest BCUT2D eigenvalue weighted by atomic mass is 9.99. The Hall–Kier alpha value is -1.57. The van der Waals surface area contributed by atoms with Gasteiger partial charge in [-0.15, -0.1) is 0 Å². The lowest BCUT2D eigenvalue weighted by Crippen LogP contribution is -2.50. The van der Waals surface area contributed by atoms with Gasteiger partial charge in [-0.25, -0.2) is 0 Å². The van der Waals surface area contributed by atoms with Crippen LogP contribution in [0.15, 0.2) is 52.3 Å². The first-order chi connectivity index (χ1) is 14.1. The van der Waals surface area contributed by atoms with Crippen LogP contribution in [0.25, 0.3) is 0 Å². The van der Waals surface area contributed by atoms with Gasteiger partial charge in [-0.3, -0.25) is 14.6 Å². The Morgan fingerprint density at radius 2 is 1.86 bits per heavy atom. The molecule has 2 aromatic rings. The lowest BCUT2D eigenvalue weighted by Gasteiger charge is -2.34. The van der Waals surface area contributed by atoms with Crippen LogP contribution in [0.5, 0.6) is 0 Å². The van der Waals surface area contributed by atoms with E-state index in [0.29, 0.717) is 13.1 Å². The molecule has 2 aromatic carbocycles. The molecule has 0 aliphatic carbocycles. The molecule has 4 rings (SSSR count). The highest BCUT2D eigenvalue weighted by Crippen LogP contribution is 2.41. The fourth-order valence-electron chi connectivity index (χ4n) is 4.00. The predicted octanol–water partition coefficient (Wildman–Crippen LogP) is 2.81. The number of halogens is 1. The number of amides is 1. The standard InChI is InChI=1S/C22H26ClN3O2S/c23-17-5-6-20-16(13-17)14-19(18-3-1-2-4-21(18)29-20)24-22(28)15-26-9-7-25(8-10-26)11-12-27/h1-6,13,19,27H,7-12,14-15H2,(H,24,28)/t19-/m0/s1. The molecule has 29 heavy (non-hydrogen) atoms. The van der Waals surface area contributed by atoms with Crippen molar-refractivity contribution in [2.45, 2.75) is 22.3 Å². The van der Waals surface area contributed by atoms with E-state index in [1.807, 2.05) is 24.3 Å². The zero-order valence-corrected chi connectivity index (χ0v) is 17.9. The average Bonchev–Trinajstić information content (AvgIpc) is 2.86. The summed E-state index contributed by atoms with van der Waals surface area (Å²) in [6, 6.07) is 14.2. The number of fused-ring (bicyclic) bond motifs is 2. The van der Waals surface area contributed by atoms with Crippen molar-refractivity contribution in [3.63, 3.8) is 0 Å². The maximum atomic E-state index is 12.8. The molecule has 7 heteroatoms. The normalized spacial score (nSPS) is 19.9. The quantitative estimate of drug-likeness (QED) is 0.762. The molecule has 0 aromatic heterocycles. The number of nitrogens with one attached hydrogen (secondary N) is 1. The van der Waals surface area contributed by atoms with Crippen molar-refractivity contribution < 1.29 is 9.90 Å². The minimum absolute atomic E-state index is 0.0517. The molecule has 2 aliphatic heterocycles. The average molecular weight is 432 g/mol. The molecule has 1 fully saturated rings. The van der Waals surface area contributed by atoms with Gasteiger partial charge < -0.3 is 10.4 Å².